The normalized spacial score (nSPS) is 41.4. The molecule has 0 spiro atoms. The van der Waals surface area contributed by atoms with Gasteiger partial charge >= 0.3 is 0 Å². The molecule has 4 atom stereocenters. The predicted molar refractivity (Wildman–Crippen MR) is 52.1 cm³/mol. The molecule has 6 heteroatoms. The van der Waals surface area contributed by atoms with Gasteiger partial charge in [-0.2, -0.15) is 0 Å². The van der Waals surface area contributed by atoms with E-state index in [1.54, 1.807) is 0 Å². The van der Waals surface area contributed by atoms with Crippen LogP contribution in [0.2, 0.25) is 0 Å². The summed E-state index contributed by atoms with van der Waals surface area (Å²) < 4.78 is 5.02. The SMILES string of the molecule is CC(C)NC[C@@]1(O)O[C@H](CO)[C@@H](O)[C@@H]1O. The van der Waals surface area contributed by atoms with Crippen LogP contribution in [-0.4, -0.2) is 63.7 Å². The van der Waals surface area contributed by atoms with Crippen LogP contribution >= 0.6 is 0 Å². The van der Waals surface area contributed by atoms with Gasteiger partial charge in [-0.25, -0.2) is 0 Å². The summed E-state index contributed by atoms with van der Waals surface area (Å²) in [7, 11) is 0. The lowest BCUT2D eigenvalue weighted by atomic mass is 10.1. The average molecular weight is 221 g/mol. The molecular formula is C9H19NO5. The topological polar surface area (TPSA) is 102 Å². The van der Waals surface area contributed by atoms with Crippen LogP contribution in [0.3, 0.4) is 0 Å². The number of hydrogen-bond donors (Lipinski definition) is 5. The van der Waals surface area contributed by atoms with Crippen LogP contribution in [-0.2, 0) is 4.74 Å². The molecule has 0 bridgehead atoms. The Morgan fingerprint density at radius 2 is 2.00 bits per heavy atom. The summed E-state index contributed by atoms with van der Waals surface area (Å²) in [6, 6.07) is 0.121. The van der Waals surface area contributed by atoms with E-state index in [0.29, 0.717) is 0 Å². The predicted octanol–water partition coefficient (Wildman–Crippen LogP) is -2.21. The zero-order valence-corrected chi connectivity index (χ0v) is 8.92. The van der Waals surface area contributed by atoms with Crippen molar-refractivity contribution in [1.29, 1.82) is 0 Å². The molecule has 0 amide bonds. The highest BCUT2D eigenvalue weighted by Crippen LogP contribution is 2.28. The Morgan fingerprint density at radius 1 is 1.40 bits per heavy atom. The number of aliphatic hydroxyl groups excluding tert-OH is 3. The number of ether oxygens (including phenoxy) is 1. The Bertz CT molecular complexity index is 213. The van der Waals surface area contributed by atoms with Crippen LogP contribution in [0.5, 0.6) is 0 Å². The summed E-state index contributed by atoms with van der Waals surface area (Å²) in [4.78, 5) is 0. The summed E-state index contributed by atoms with van der Waals surface area (Å²) in [6.07, 6.45) is -3.63. The summed E-state index contributed by atoms with van der Waals surface area (Å²) in [6.45, 7) is 3.32. The highest BCUT2D eigenvalue weighted by Gasteiger charge is 2.52. The zero-order chi connectivity index (χ0) is 11.6. The average Bonchev–Trinajstić information content (AvgIpc) is 2.41. The lowest BCUT2D eigenvalue weighted by Gasteiger charge is -2.27. The Balaban J connectivity index is 2.60. The van der Waals surface area contributed by atoms with Gasteiger partial charge < -0.3 is 30.5 Å². The Labute approximate surface area is 88.5 Å². The minimum absolute atomic E-state index is 0.000602. The Kier molecular flexibility index (Phi) is 4.05. The Morgan fingerprint density at radius 3 is 2.40 bits per heavy atom. The quantitative estimate of drug-likeness (QED) is 0.369. The maximum Gasteiger partial charge on any atom is 0.208 e. The van der Waals surface area contributed by atoms with Gasteiger partial charge in [0.2, 0.25) is 5.79 Å². The lowest BCUT2D eigenvalue weighted by molar-refractivity contribution is -0.227. The van der Waals surface area contributed by atoms with E-state index in [4.69, 9.17) is 9.84 Å². The molecule has 1 saturated heterocycles. The van der Waals surface area contributed by atoms with Crippen molar-refractivity contribution in [2.24, 2.45) is 0 Å². The van der Waals surface area contributed by atoms with E-state index < -0.39 is 30.7 Å². The van der Waals surface area contributed by atoms with Crippen molar-refractivity contribution in [2.75, 3.05) is 13.2 Å². The molecule has 15 heavy (non-hydrogen) atoms. The van der Waals surface area contributed by atoms with Crippen LogP contribution < -0.4 is 5.32 Å². The first-order valence-corrected chi connectivity index (χ1v) is 5.01. The number of aliphatic hydroxyl groups is 4. The monoisotopic (exact) mass is 221 g/mol. The molecule has 0 aromatic heterocycles. The molecule has 1 aliphatic heterocycles. The molecular weight excluding hydrogens is 202 g/mol. The van der Waals surface area contributed by atoms with Crippen molar-refractivity contribution in [3.8, 4) is 0 Å². The minimum Gasteiger partial charge on any atom is -0.394 e. The molecule has 90 valence electrons. The second-order valence-electron chi connectivity index (χ2n) is 4.15. The molecule has 0 unspecified atom stereocenters. The van der Waals surface area contributed by atoms with Gasteiger partial charge in [0.05, 0.1) is 13.2 Å². The van der Waals surface area contributed by atoms with E-state index in [1.807, 2.05) is 13.8 Å². The molecule has 5 N–H and O–H groups in total. The van der Waals surface area contributed by atoms with Crippen molar-refractivity contribution in [3.05, 3.63) is 0 Å². The first-order valence-electron chi connectivity index (χ1n) is 5.01. The minimum atomic E-state index is -1.84. The fourth-order valence-electron chi connectivity index (χ4n) is 1.51. The fraction of sp³-hybridized carbons (Fsp3) is 1.00. The van der Waals surface area contributed by atoms with Gasteiger partial charge in [0.25, 0.3) is 0 Å². The van der Waals surface area contributed by atoms with Gasteiger partial charge in [0.15, 0.2) is 0 Å². The Hall–Kier alpha value is -0.240. The smallest absolute Gasteiger partial charge is 0.208 e. The largest absolute Gasteiger partial charge is 0.394 e. The second kappa shape index (κ2) is 4.73. The molecule has 0 aliphatic carbocycles. The highest BCUT2D eigenvalue weighted by atomic mass is 16.7. The van der Waals surface area contributed by atoms with Crippen molar-refractivity contribution in [2.45, 2.75) is 44.0 Å². The third-order valence-corrected chi connectivity index (χ3v) is 2.47. The molecule has 0 aromatic carbocycles. The number of nitrogens with one attached hydrogen (secondary N) is 1. The van der Waals surface area contributed by atoms with Crippen LogP contribution in [0, 0.1) is 0 Å². The molecule has 0 radical (unpaired) electrons. The van der Waals surface area contributed by atoms with Gasteiger partial charge in [-0.05, 0) is 0 Å². The van der Waals surface area contributed by atoms with Crippen LogP contribution in [0.1, 0.15) is 13.8 Å². The standard InChI is InChI=1S/C9H19NO5/c1-5(2)10-4-9(14)8(13)7(12)6(3-11)15-9/h5-8,10-14H,3-4H2,1-2H3/t6-,7-,8+,9-/m1/s1. The van der Waals surface area contributed by atoms with Gasteiger partial charge in [-0.1, -0.05) is 13.8 Å². The highest BCUT2D eigenvalue weighted by molar-refractivity contribution is 4.96. The summed E-state index contributed by atoms with van der Waals surface area (Å²) >= 11 is 0. The summed E-state index contributed by atoms with van der Waals surface area (Å²) in [5.74, 6) is -1.84. The lowest BCUT2D eigenvalue weighted by Crippen LogP contribution is -2.51. The van der Waals surface area contributed by atoms with E-state index in [9.17, 15) is 15.3 Å². The molecule has 0 saturated carbocycles. The molecule has 1 fully saturated rings. The van der Waals surface area contributed by atoms with E-state index in [1.165, 1.54) is 0 Å². The van der Waals surface area contributed by atoms with Gasteiger partial charge in [0.1, 0.15) is 18.3 Å². The zero-order valence-electron chi connectivity index (χ0n) is 8.92. The summed E-state index contributed by atoms with van der Waals surface area (Å²) in [5, 5.41) is 40.6. The maximum atomic E-state index is 9.87. The molecule has 6 nitrogen and oxygen atoms in total. The third kappa shape index (κ3) is 2.66. The van der Waals surface area contributed by atoms with Gasteiger partial charge in [0, 0.05) is 6.04 Å². The van der Waals surface area contributed by atoms with Gasteiger partial charge in [-0.3, -0.25) is 0 Å². The van der Waals surface area contributed by atoms with E-state index >= 15 is 0 Å². The van der Waals surface area contributed by atoms with E-state index in [2.05, 4.69) is 5.32 Å². The van der Waals surface area contributed by atoms with E-state index in [-0.39, 0.29) is 12.6 Å². The van der Waals surface area contributed by atoms with Crippen molar-refractivity contribution in [1.82, 2.24) is 5.32 Å². The van der Waals surface area contributed by atoms with Crippen molar-refractivity contribution in [3.63, 3.8) is 0 Å². The van der Waals surface area contributed by atoms with Crippen LogP contribution in [0.25, 0.3) is 0 Å². The molecule has 1 rings (SSSR count). The first-order chi connectivity index (χ1) is 6.90. The summed E-state index contributed by atoms with van der Waals surface area (Å²) in [5.41, 5.74) is 0. The molecule has 1 heterocycles. The van der Waals surface area contributed by atoms with Crippen LogP contribution in [0.15, 0.2) is 0 Å². The first kappa shape index (κ1) is 12.8. The maximum absolute atomic E-state index is 9.87. The number of hydrogen-bond acceptors (Lipinski definition) is 6. The van der Waals surface area contributed by atoms with Crippen LogP contribution in [0.4, 0.5) is 0 Å². The van der Waals surface area contributed by atoms with Crippen molar-refractivity contribution >= 4 is 0 Å². The van der Waals surface area contributed by atoms with Crippen molar-refractivity contribution < 1.29 is 25.2 Å². The molecule has 0 aromatic rings. The van der Waals surface area contributed by atoms with E-state index in [0.717, 1.165) is 0 Å². The second-order valence-corrected chi connectivity index (χ2v) is 4.15. The molecule has 1 aliphatic rings. The third-order valence-electron chi connectivity index (χ3n) is 2.47. The fourth-order valence-corrected chi connectivity index (χ4v) is 1.51. The van der Waals surface area contributed by atoms with Gasteiger partial charge in [-0.15, -0.1) is 0 Å². The number of rotatable bonds is 4.